The number of hydrogen-bond acceptors (Lipinski definition) is 0. The summed E-state index contributed by atoms with van der Waals surface area (Å²) in [5, 5.41) is 0. The third-order valence-corrected chi connectivity index (χ3v) is 33.5. The van der Waals surface area contributed by atoms with Crippen molar-refractivity contribution < 1.29 is 16.2 Å². The van der Waals surface area contributed by atoms with Gasteiger partial charge in [-0.3, -0.25) is 0 Å². The number of halogens is 3. The van der Waals surface area contributed by atoms with Gasteiger partial charge < -0.3 is 0 Å². The first-order valence-corrected chi connectivity index (χ1v) is 24.8. The minimum Gasteiger partial charge on any atom is -0.147 e. The topological polar surface area (TPSA) is 0 Å². The first-order valence-electron chi connectivity index (χ1n) is 11.1. The van der Waals surface area contributed by atoms with Crippen molar-refractivity contribution in [2.75, 3.05) is 0 Å². The smallest absolute Gasteiger partial charge is 0.147 e. The Morgan fingerprint density at radius 2 is 0.818 bits per heavy atom. The van der Waals surface area contributed by atoms with Gasteiger partial charge in [-0.05, 0) is 0 Å². The zero-order valence-corrected chi connectivity index (χ0v) is 24.8. The van der Waals surface area contributed by atoms with Crippen LogP contribution in [0.25, 0.3) is 22.3 Å². The Morgan fingerprint density at radius 3 is 1.06 bits per heavy atom. The molecule has 4 aromatic rings. The van der Waals surface area contributed by atoms with E-state index in [0.717, 1.165) is 4.13 Å². The zero-order chi connectivity index (χ0) is 21.2. The van der Waals surface area contributed by atoms with Crippen LogP contribution in [0.2, 0.25) is 4.13 Å². The predicted molar refractivity (Wildman–Crippen MR) is 147 cm³/mol. The number of benzene rings is 4. The summed E-state index contributed by atoms with van der Waals surface area (Å²) in [6, 6.07) is 36.0. The zero-order valence-electron chi connectivity index (χ0n) is 18.5. The second-order valence-electron chi connectivity index (χ2n) is 9.29. The molecular formula is C28H27Cl3SiZr. The van der Waals surface area contributed by atoms with Crippen LogP contribution in [-0.2, 0) is 16.2 Å². The summed E-state index contributed by atoms with van der Waals surface area (Å²) < 4.78 is 1.72. The maximum atomic E-state index is 8.32. The van der Waals surface area contributed by atoms with Crippen LogP contribution in [-0.4, -0.2) is 6.88 Å². The minimum atomic E-state index is -4.06. The maximum absolute atomic E-state index is 8.32. The van der Waals surface area contributed by atoms with Gasteiger partial charge in [0.1, 0.15) is 0 Å². The summed E-state index contributed by atoms with van der Waals surface area (Å²) in [4.78, 5) is 0. The molecule has 0 saturated carbocycles. The molecule has 2 aliphatic carbocycles. The quantitative estimate of drug-likeness (QED) is 0.212. The second kappa shape index (κ2) is 8.81. The van der Waals surface area contributed by atoms with Gasteiger partial charge in [0.2, 0.25) is 0 Å². The van der Waals surface area contributed by atoms with E-state index in [1.54, 1.807) is 0 Å². The van der Waals surface area contributed by atoms with Gasteiger partial charge >= 0.3 is 191 Å². The largest absolute Gasteiger partial charge is 0.147 e. The van der Waals surface area contributed by atoms with Crippen LogP contribution in [0.5, 0.6) is 0 Å². The first-order chi connectivity index (χ1) is 15.0. The Balaban J connectivity index is 0.00000130. The van der Waals surface area contributed by atoms with Gasteiger partial charge in [-0.2, -0.15) is 0 Å². The van der Waals surface area contributed by atoms with E-state index in [9.17, 15) is 0 Å². The van der Waals surface area contributed by atoms with Gasteiger partial charge in [-0.25, -0.2) is 0 Å². The van der Waals surface area contributed by atoms with Gasteiger partial charge in [0, 0.05) is 0 Å². The Kier molecular flexibility index (Phi) is 6.66. The van der Waals surface area contributed by atoms with Gasteiger partial charge in [-0.15, -0.1) is 24.8 Å². The molecule has 5 heteroatoms. The molecule has 0 aliphatic heterocycles. The third-order valence-electron chi connectivity index (χ3n) is 7.83. The van der Waals surface area contributed by atoms with Crippen LogP contribution in [0.4, 0.5) is 0 Å². The minimum absolute atomic E-state index is 0. The Labute approximate surface area is 214 Å². The van der Waals surface area contributed by atoms with Crippen LogP contribution >= 0.6 is 33.3 Å². The van der Waals surface area contributed by atoms with Gasteiger partial charge in [-0.1, -0.05) is 0 Å². The van der Waals surface area contributed by atoms with Crippen LogP contribution < -0.4 is 0 Å². The molecule has 6 rings (SSSR count). The summed E-state index contributed by atoms with van der Waals surface area (Å²) in [5.74, 6) is 0. The van der Waals surface area contributed by atoms with E-state index in [1.165, 1.54) is 44.5 Å². The van der Waals surface area contributed by atoms with E-state index in [1.807, 2.05) is 0 Å². The molecule has 0 bridgehead atoms. The molecule has 33 heavy (non-hydrogen) atoms. The van der Waals surface area contributed by atoms with Gasteiger partial charge in [0.25, 0.3) is 0 Å². The van der Waals surface area contributed by atoms with Crippen molar-refractivity contribution in [3.63, 3.8) is 0 Å². The van der Waals surface area contributed by atoms with E-state index in [4.69, 9.17) is 8.51 Å². The molecule has 0 saturated heterocycles. The average molecular weight is 589 g/mol. The van der Waals surface area contributed by atoms with Gasteiger partial charge in [0.15, 0.2) is 0 Å². The average Bonchev–Trinajstić information content (AvgIpc) is 3.34. The summed E-state index contributed by atoms with van der Waals surface area (Å²) in [7, 11) is 8.32. The monoisotopic (exact) mass is 586 g/mol. The van der Waals surface area contributed by atoms with Crippen molar-refractivity contribution >= 4 is 40.2 Å². The molecule has 4 aromatic carbocycles. The molecule has 2 aliphatic rings. The Bertz CT molecular complexity index is 1240. The maximum Gasteiger partial charge on any atom is -0.147 e. The number of rotatable bonds is 3. The standard InChI is InChI=1S/2C13H9.C2H5.3ClH.H2Si.Zr/c2*1-3-7-12-10(5-1)9-11-6-2-4-8-13(11)12;1-2;;;;;/h2*1-9H;1H2,2H3;3*1H;1H2;/q;;;;;;;+1/p-1. The fourth-order valence-electron chi connectivity index (χ4n) is 6.36. The third kappa shape index (κ3) is 3.40. The van der Waals surface area contributed by atoms with E-state index >= 15 is 0 Å². The normalized spacial score (nSPS) is 14.4. The molecule has 0 aromatic heterocycles. The molecule has 168 valence electrons. The summed E-state index contributed by atoms with van der Waals surface area (Å²) in [5.41, 5.74) is 11.3. The van der Waals surface area contributed by atoms with Crippen LogP contribution in [0, 0.1) is 0 Å². The van der Waals surface area contributed by atoms with E-state index in [0.29, 0.717) is 7.25 Å². The van der Waals surface area contributed by atoms with Crippen molar-refractivity contribution in [3.05, 3.63) is 119 Å². The van der Waals surface area contributed by atoms with E-state index in [2.05, 4.69) is 111 Å². The van der Waals surface area contributed by atoms with E-state index in [-0.39, 0.29) is 24.8 Å². The van der Waals surface area contributed by atoms with E-state index < -0.39 is 16.2 Å². The van der Waals surface area contributed by atoms with Crippen LogP contribution in [0.15, 0.2) is 97.1 Å². The van der Waals surface area contributed by atoms with Crippen LogP contribution in [0.3, 0.4) is 0 Å². The molecule has 0 spiro atoms. The predicted octanol–water partition coefficient (Wildman–Crippen LogP) is 8.20. The number of hydrogen-bond donors (Lipinski definition) is 0. The summed E-state index contributed by atoms with van der Waals surface area (Å²) in [6.45, 7) is 4.59. The molecule has 0 radical (unpaired) electrons. The van der Waals surface area contributed by atoms with Crippen molar-refractivity contribution in [3.8, 4) is 22.3 Å². The molecule has 0 amide bonds. The molecule has 0 atom stereocenters. The van der Waals surface area contributed by atoms with Crippen molar-refractivity contribution in [2.24, 2.45) is 0 Å². The second-order valence-corrected chi connectivity index (χ2v) is 40.6. The Hall–Kier alpha value is -1.15. The molecule has 0 fully saturated rings. The van der Waals surface area contributed by atoms with Gasteiger partial charge in [0.05, 0.1) is 0 Å². The molecule has 0 heterocycles. The molecule has 0 N–H and O–H groups in total. The fraction of sp³-hybridized carbons (Fsp3) is 0.143. The molecule has 0 nitrogen and oxygen atoms in total. The SMILES string of the molecule is C[CH2][Zr](=[SiH2])([Cl])([CH]1c2ccccc2-c2ccccc21)[CH]1c2ccccc2-c2ccccc21.Cl.Cl. The van der Waals surface area contributed by atoms with Crippen molar-refractivity contribution in [1.29, 1.82) is 0 Å². The molecular weight excluding hydrogens is 562 g/mol. The Morgan fingerprint density at radius 1 is 0.576 bits per heavy atom. The van der Waals surface area contributed by atoms with Crippen LogP contribution in [0.1, 0.15) is 36.4 Å². The number of fused-ring (bicyclic) bond motifs is 6. The van der Waals surface area contributed by atoms with Crippen molar-refractivity contribution in [1.82, 2.24) is 0 Å². The molecule has 0 unspecified atom stereocenters. The van der Waals surface area contributed by atoms with Crippen molar-refractivity contribution in [2.45, 2.75) is 18.3 Å². The summed E-state index contributed by atoms with van der Waals surface area (Å²) in [6.07, 6.45) is 0. The fourth-order valence-corrected chi connectivity index (χ4v) is 26.9. The first kappa shape index (κ1) is 25.0. The summed E-state index contributed by atoms with van der Waals surface area (Å²) >= 11 is -4.06.